The molecule has 0 aromatic carbocycles. The molecule has 3 unspecified atom stereocenters. The molecule has 0 aliphatic carbocycles. The summed E-state index contributed by atoms with van der Waals surface area (Å²) >= 11 is 0. The number of allylic oxidation sites excluding steroid dienone is 8. The molecule has 0 saturated carbocycles. The summed E-state index contributed by atoms with van der Waals surface area (Å²) in [5.41, 5.74) is 0. The zero-order valence-electron chi connectivity index (χ0n) is 45.0. The zero-order valence-corrected chi connectivity index (χ0v) is 45.9. The van der Waals surface area contributed by atoms with Crippen molar-refractivity contribution in [3.8, 4) is 0 Å². The number of carbonyl (C=O) groups excluding carboxylic acids is 3. The number of phosphoric ester groups is 1. The summed E-state index contributed by atoms with van der Waals surface area (Å²) in [5.74, 6) is -1.47. The van der Waals surface area contributed by atoms with Crippen molar-refractivity contribution < 1.29 is 52.2 Å². The Morgan fingerprint density at radius 1 is 0.414 bits per heavy atom. The zero-order chi connectivity index (χ0) is 51.3. The quantitative estimate of drug-likeness (QED) is 0.0197. The van der Waals surface area contributed by atoms with Crippen LogP contribution in [0.4, 0.5) is 0 Å². The maximum atomic E-state index is 12.9. The highest BCUT2D eigenvalue weighted by Gasteiger charge is 2.28. The van der Waals surface area contributed by atoms with Gasteiger partial charge in [-0.15, -0.1) is 0 Å². The molecule has 3 atom stereocenters. The van der Waals surface area contributed by atoms with Crippen LogP contribution in [0.1, 0.15) is 265 Å². The van der Waals surface area contributed by atoms with E-state index in [0.29, 0.717) is 19.3 Å². The number of unbranched alkanes of at least 4 members (excludes halogenated alkanes) is 28. The Morgan fingerprint density at radius 2 is 0.757 bits per heavy atom. The Labute approximate surface area is 428 Å². The standard InChI is InChI=1S/C58H105O11P/c1-4-7-10-13-16-19-22-24-26-27-29-31-34-37-40-43-46-49-58(62)69-55(51-65-56(60)47-44-41-38-35-33-30-28-25-23-20-17-14-11-8-5-2)53-67-70(63,64)66-52-54(50-59)68-57(61)48-45-42-39-36-32-21-18-15-12-9-6-3/h7,10,15-16,18-19,24,26,54-55,59H,4-6,8-9,11-14,17,20-23,25,27-53H2,1-3H3,(H,63,64)/b10-7-,18-15-,19-16-,26-24-. The summed E-state index contributed by atoms with van der Waals surface area (Å²) in [4.78, 5) is 48.5. The molecule has 0 aliphatic heterocycles. The smallest absolute Gasteiger partial charge is 0.462 e. The lowest BCUT2D eigenvalue weighted by Crippen LogP contribution is -2.30. The molecule has 0 spiro atoms. The first-order valence-corrected chi connectivity index (χ1v) is 30.0. The van der Waals surface area contributed by atoms with E-state index in [4.69, 9.17) is 23.3 Å². The molecule has 12 heteroatoms. The van der Waals surface area contributed by atoms with E-state index in [2.05, 4.69) is 69.4 Å². The number of hydrogen-bond donors (Lipinski definition) is 2. The molecule has 408 valence electrons. The number of aliphatic hydroxyl groups is 1. The summed E-state index contributed by atoms with van der Waals surface area (Å²) in [6, 6.07) is 0. The monoisotopic (exact) mass is 1010 g/mol. The molecule has 0 aromatic heterocycles. The SMILES string of the molecule is CC/C=C\C/C=C\C/C=C\CCCCCCCCCC(=O)OC(COC(=O)CCCCCCCCCCCCCCCCC)COP(=O)(O)OCC(CO)OC(=O)CCCCCCC/C=C\CCCC. The van der Waals surface area contributed by atoms with Crippen LogP contribution in [0.5, 0.6) is 0 Å². The van der Waals surface area contributed by atoms with Gasteiger partial charge in [-0.25, -0.2) is 4.57 Å². The van der Waals surface area contributed by atoms with Crippen molar-refractivity contribution in [3.63, 3.8) is 0 Å². The molecule has 0 heterocycles. The second kappa shape index (κ2) is 52.8. The summed E-state index contributed by atoms with van der Waals surface area (Å²) in [6.45, 7) is 4.50. The van der Waals surface area contributed by atoms with Crippen molar-refractivity contribution in [2.75, 3.05) is 26.4 Å². The van der Waals surface area contributed by atoms with Gasteiger partial charge in [0.1, 0.15) is 12.7 Å². The Bertz CT molecular complexity index is 1360. The van der Waals surface area contributed by atoms with Gasteiger partial charge in [-0.3, -0.25) is 23.4 Å². The Kier molecular flexibility index (Phi) is 50.8. The van der Waals surface area contributed by atoms with Crippen molar-refractivity contribution in [2.24, 2.45) is 0 Å². The minimum atomic E-state index is -4.75. The molecule has 0 saturated heterocycles. The second-order valence-corrected chi connectivity index (χ2v) is 20.5. The average molecular weight is 1010 g/mol. The largest absolute Gasteiger partial charge is 0.472 e. The summed E-state index contributed by atoms with van der Waals surface area (Å²) < 4.78 is 39.5. The van der Waals surface area contributed by atoms with Crippen LogP contribution < -0.4 is 0 Å². The molecule has 0 aromatic rings. The number of phosphoric acid groups is 1. The van der Waals surface area contributed by atoms with E-state index in [-0.39, 0.29) is 25.9 Å². The van der Waals surface area contributed by atoms with Gasteiger partial charge in [-0.05, 0) is 70.6 Å². The van der Waals surface area contributed by atoms with Gasteiger partial charge >= 0.3 is 25.7 Å². The van der Waals surface area contributed by atoms with E-state index in [1.807, 2.05) is 0 Å². The van der Waals surface area contributed by atoms with Crippen molar-refractivity contribution in [1.29, 1.82) is 0 Å². The number of aliphatic hydroxyl groups excluding tert-OH is 1. The van der Waals surface area contributed by atoms with Gasteiger partial charge in [0.15, 0.2) is 6.10 Å². The summed E-state index contributed by atoms with van der Waals surface area (Å²) in [7, 11) is -4.75. The van der Waals surface area contributed by atoms with E-state index < -0.39 is 57.8 Å². The number of ether oxygens (including phenoxy) is 3. The van der Waals surface area contributed by atoms with E-state index >= 15 is 0 Å². The maximum absolute atomic E-state index is 12.9. The lowest BCUT2D eigenvalue weighted by atomic mass is 10.0. The number of esters is 3. The van der Waals surface area contributed by atoms with Gasteiger partial charge < -0.3 is 24.2 Å². The Morgan fingerprint density at radius 3 is 1.20 bits per heavy atom. The highest BCUT2D eigenvalue weighted by molar-refractivity contribution is 7.47. The van der Waals surface area contributed by atoms with Crippen molar-refractivity contribution in [3.05, 3.63) is 48.6 Å². The molecule has 0 aliphatic rings. The van der Waals surface area contributed by atoms with E-state index in [1.54, 1.807) is 0 Å². The first-order chi connectivity index (χ1) is 34.2. The first kappa shape index (κ1) is 67.4. The molecular weight excluding hydrogens is 904 g/mol. The van der Waals surface area contributed by atoms with Crippen LogP contribution in [0.15, 0.2) is 48.6 Å². The van der Waals surface area contributed by atoms with Gasteiger partial charge in [-0.2, -0.15) is 0 Å². The van der Waals surface area contributed by atoms with Gasteiger partial charge in [-0.1, -0.05) is 223 Å². The van der Waals surface area contributed by atoms with Crippen LogP contribution in [0.25, 0.3) is 0 Å². The molecule has 0 amide bonds. The lowest BCUT2D eigenvalue weighted by Gasteiger charge is -2.21. The van der Waals surface area contributed by atoms with Crippen LogP contribution in [-0.4, -0.2) is 66.5 Å². The van der Waals surface area contributed by atoms with Crippen molar-refractivity contribution >= 4 is 25.7 Å². The van der Waals surface area contributed by atoms with Crippen molar-refractivity contribution in [2.45, 2.75) is 277 Å². The molecule has 0 bridgehead atoms. The van der Waals surface area contributed by atoms with Gasteiger partial charge in [0.2, 0.25) is 0 Å². The van der Waals surface area contributed by atoms with Gasteiger partial charge in [0, 0.05) is 19.3 Å². The first-order valence-electron chi connectivity index (χ1n) is 28.5. The number of carbonyl (C=O) groups is 3. The number of hydrogen-bond acceptors (Lipinski definition) is 10. The van der Waals surface area contributed by atoms with E-state index in [1.165, 1.54) is 96.3 Å². The molecule has 2 N–H and O–H groups in total. The Hall–Kier alpha value is -2.56. The molecule has 11 nitrogen and oxygen atoms in total. The fraction of sp³-hybridized carbons (Fsp3) is 0.810. The third-order valence-electron chi connectivity index (χ3n) is 12.2. The molecule has 0 radical (unpaired) electrons. The van der Waals surface area contributed by atoms with E-state index in [9.17, 15) is 28.9 Å². The molecule has 0 fully saturated rings. The van der Waals surface area contributed by atoms with E-state index in [0.717, 1.165) is 109 Å². The third kappa shape index (κ3) is 50.4. The second-order valence-electron chi connectivity index (χ2n) is 19.1. The molecular formula is C58H105O11P. The minimum absolute atomic E-state index is 0.158. The fourth-order valence-corrected chi connectivity index (χ4v) is 8.67. The topological polar surface area (TPSA) is 155 Å². The summed E-state index contributed by atoms with van der Waals surface area (Å²) in [6.07, 6.45) is 55.0. The lowest BCUT2D eigenvalue weighted by molar-refractivity contribution is -0.161. The summed E-state index contributed by atoms with van der Waals surface area (Å²) in [5, 5.41) is 9.78. The molecule has 70 heavy (non-hydrogen) atoms. The fourth-order valence-electron chi connectivity index (χ4n) is 7.88. The van der Waals surface area contributed by atoms with Crippen LogP contribution in [0, 0.1) is 0 Å². The van der Waals surface area contributed by atoms with Crippen LogP contribution in [-0.2, 0) is 42.2 Å². The van der Waals surface area contributed by atoms with Crippen molar-refractivity contribution in [1.82, 2.24) is 0 Å². The number of rotatable bonds is 53. The predicted molar refractivity (Wildman–Crippen MR) is 289 cm³/mol. The normalized spacial score (nSPS) is 13.7. The van der Waals surface area contributed by atoms with Crippen LogP contribution in [0.3, 0.4) is 0 Å². The van der Waals surface area contributed by atoms with Gasteiger partial charge in [0.25, 0.3) is 0 Å². The minimum Gasteiger partial charge on any atom is -0.462 e. The Balaban J connectivity index is 4.73. The highest BCUT2D eigenvalue weighted by Crippen LogP contribution is 2.43. The maximum Gasteiger partial charge on any atom is 0.472 e. The molecule has 0 rings (SSSR count). The highest BCUT2D eigenvalue weighted by atomic mass is 31.2. The predicted octanol–water partition coefficient (Wildman–Crippen LogP) is 16.6. The van der Waals surface area contributed by atoms with Gasteiger partial charge in [0.05, 0.1) is 19.8 Å². The van der Waals surface area contributed by atoms with Crippen LogP contribution >= 0.6 is 7.82 Å². The average Bonchev–Trinajstić information content (AvgIpc) is 3.35. The van der Waals surface area contributed by atoms with Crippen LogP contribution in [0.2, 0.25) is 0 Å². The third-order valence-corrected chi connectivity index (χ3v) is 13.2.